The lowest BCUT2D eigenvalue weighted by Gasteiger charge is -2.44. The fraction of sp³-hybridized carbons (Fsp3) is 0.429. The molecule has 7 nitrogen and oxygen atoms in total. The van der Waals surface area contributed by atoms with Crippen LogP contribution in [0.1, 0.15) is 18.1 Å². The normalized spacial score (nSPS) is 27.7. The van der Waals surface area contributed by atoms with Crippen LogP contribution in [-0.4, -0.2) is 68.1 Å². The molecule has 1 aromatic heterocycles. The highest BCUT2D eigenvalue weighted by molar-refractivity contribution is 6.30. The third-order valence-electron chi connectivity index (χ3n) is 7.03. The molecule has 1 aliphatic carbocycles. The molecule has 0 bridgehead atoms. The van der Waals surface area contributed by atoms with Gasteiger partial charge in [0.25, 0.3) is 0 Å². The number of hydrogen-bond donors (Lipinski definition) is 0. The van der Waals surface area contributed by atoms with Crippen molar-refractivity contribution in [1.29, 1.82) is 0 Å². The quantitative estimate of drug-likeness (QED) is 0.454. The zero-order valence-corrected chi connectivity index (χ0v) is 21.6. The lowest BCUT2D eigenvalue weighted by atomic mass is 9.99. The van der Waals surface area contributed by atoms with Gasteiger partial charge in [0.15, 0.2) is 12.1 Å². The Morgan fingerprint density at radius 3 is 2.25 bits per heavy atom. The number of aromatic nitrogens is 2. The molecule has 0 spiro atoms. The second-order valence-electron chi connectivity index (χ2n) is 9.23. The molecule has 1 saturated heterocycles. The molecule has 1 fully saturated rings. The zero-order valence-electron chi connectivity index (χ0n) is 20.9. The van der Waals surface area contributed by atoms with Crippen molar-refractivity contribution in [3.05, 3.63) is 70.9 Å². The Labute approximate surface area is 216 Å². The van der Waals surface area contributed by atoms with E-state index in [4.69, 9.17) is 40.3 Å². The standard InChI is InChI=1S/C28H31ClN2O5/c1-16-24(32-2)25(33-3)26(34-4)28(35-16)36-22-14-18-5-6-19(13-20(18)15-22)23-11-12-30-27(31-23)17-7-9-21(29)10-8-17/h5-13,16,22,24-26,28H,14-15H2,1-4H3/t16-,22?,24-,25-,26-,28-/m0/s1. The van der Waals surface area contributed by atoms with Crippen molar-refractivity contribution in [3.8, 4) is 22.6 Å². The molecule has 5 rings (SSSR count). The van der Waals surface area contributed by atoms with Crippen LogP contribution in [0, 0.1) is 0 Å². The summed E-state index contributed by atoms with van der Waals surface area (Å²) in [5.41, 5.74) is 5.37. The minimum absolute atomic E-state index is 0.0169. The van der Waals surface area contributed by atoms with Crippen molar-refractivity contribution >= 4 is 11.6 Å². The van der Waals surface area contributed by atoms with E-state index in [1.807, 2.05) is 37.3 Å². The molecule has 190 valence electrons. The van der Waals surface area contributed by atoms with E-state index in [0.717, 1.165) is 29.7 Å². The summed E-state index contributed by atoms with van der Waals surface area (Å²) < 4.78 is 29.7. The molecule has 0 radical (unpaired) electrons. The Hall–Kier alpha value is -2.39. The van der Waals surface area contributed by atoms with Gasteiger partial charge in [0, 0.05) is 43.7 Å². The molecule has 3 aromatic rings. The third-order valence-corrected chi connectivity index (χ3v) is 7.28. The van der Waals surface area contributed by atoms with Crippen LogP contribution in [0.5, 0.6) is 0 Å². The summed E-state index contributed by atoms with van der Waals surface area (Å²) in [5, 5.41) is 0.687. The summed E-state index contributed by atoms with van der Waals surface area (Å²) in [7, 11) is 4.97. The van der Waals surface area contributed by atoms with E-state index in [9.17, 15) is 0 Å². The maximum absolute atomic E-state index is 6.45. The maximum atomic E-state index is 6.45. The maximum Gasteiger partial charge on any atom is 0.187 e. The van der Waals surface area contributed by atoms with Crippen LogP contribution < -0.4 is 0 Å². The molecule has 8 heteroatoms. The van der Waals surface area contributed by atoms with E-state index >= 15 is 0 Å². The highest BCUT2D eigenvalue weighted by Gasteiger charge is 2.47. The number of rotatable bonds is 7. The van der Waals surface area contributed by atoms with Crippen LogP contribution >= 0.6 is 11.6 Å². The van der Waals surface area contributed by atoms with Crippen molar-refractivity contribution < 1.29 is 23.7 Å². The van der Waals surface area contributed by atoms with Crippen molar-refractivity contribution in [3.63, 3.8) is 0 Å². The summed E-state index contributed by atoms with van der Waals surface area (Å²) in [5.74, 6) is 0.669. The summed E-state index contributed by atoms with van der Waals surface area (Å²) in [6.07, 6.45) is 1.75. The number of halogens is 1. The molecule has 0 saturated carbocycles. The fourth-order valence-electron chi connectivity index (χ4n) is 5.20. The molecule has 2 aliphatic rings. The Morgan fingerprint density at radius 2 is 1.53 bits per heavy atom. The molecule has 0 amide bonds. The highest BCUT2D eigenvalue weighted by Crippen LogP contribution is 2.33. The molecule has 2 heterocycles. The van der Waals surface area contributed by atoms with E-state index in [2.05, 4.69) is 23.2 Å². The summed E-state index contributed by atoms with van der Waals surface area (Å²) in [4.78, 5) is 9.24. The van der Waals surface area contributed by atoms with Crippen LogP contribution in [0.4, 0.5) is 0 Å². The smallest absolute Gasteiger partial charge is 0.187 e. The second-order valence-corrected chi connectivity index (χ2v) is 9.67. The Bertz CT molecular complexity index is 1190. The number of fused-ring (bicyclic) bond motifs is 1. The number of methoxy groups -OCH3 is 3. The van der Waals surface area contributed by atoms with Gasteiger partial charge >= 0.3 is 0 Å². The topological polar surface area (TPSA) is 71.9 Å². The van der Waals surface area contributed by atoms with Gasteiger partial charge in [-0.3, -0.25) is 0 Å². The van der Waals surface area contributed by atoms with Crippen molar-refractivity contribution in [2.24, 2.45) is 0 Å². The molecule has 1 unspecified atom stereocenters. The van der Waals surface area contributed by atoms with E-state index in [1.165, 1.54) is 11.1 Å². The van der Waals surface area contributed by atoms with E-state index in [0.29, 0.717) is 10.8 Å². The van der Waals surface area contributed by atoms with E-state index in [1.54, 1.807) is 27.5 Å². The average Bonchev–Trinajstić information content (AvgIpc) is 3.30. The van der Waals surface area contributed by atoms with Gasteiger partial charge in [0.1, 0.15) is 18.3 Å². The lowest BCUT2D eigenvalue weighted by Crippen LogP contribution is -2.59. The lowest BCUT2D eigenvalue weighted by molar-refractivity contribution is -0.314. The molecule has 36 heavy (non-hydrogen) atoms. The van der Waals surface area contributed by atoms with Crippen molar-refractivity contribution in [1.82, 2.24) is 9.97 Å². The Morgan fingerprint density at radius 1 is 0.833 bits per heavy atom. The summed E-state index contributed by atoms with van der Waals surface area (Å²) in [6.45, 7) is 1.97. The highest BCUT2D eigenvalue weighted by atomic mass is 35.5. The SMILES string of the molecule is CO[C@@H]1[C@H](OC)[C@H](OC2Cc3ccc(-c4ccnc(-c5ccc(Cl)cc5)n4)cc3C2)O[C@@H](C)[C@@H]1OC. The monoisotopic (exact) mass is 510 g/mol. The van der Waals surface area contributed by atoms with Gasteiger partial charge in [0.2, 0.25) is 0 Å². The predicted octanol–water partition coefficient (Wildman–Crippen LogP) is 4.74. The van der Waals surface area contributed by atoms with Crippen LogP contribution in [0.15, 0.2) is 54.7 Å². The third kappa shape index (κ3) is 5.05. The first-order valence-electron chi connectivity index (χ1n) is 12.1. The second kappa shape index (κ2) is 10.9. The number of benzene rings is 2. The van der Waals surface area contributed by atoms with Gasteiger partial charge in [-0.15, -0.1) is 0 Å². The first-order valence-corrected chi connectivity index (χ1v) is 12.5. The van der Waals surface area contributed by atoms with Gasteiger partial charge in [-0.05, 0) is 67.3 Å². The number of hydrogen-bond acceptors (Lipinski definition) is 7. The first-order chi connectivity index (χ1) is 17.5. The van der Waals surface area contributed by atoms with Crippen LogP contribution in [0.3, 0.4) is 0 Å². The van der Waals surface area contributed by atoms with Gasteiger partial charge in [-0.25, -0.2) is 9.97 Å². The van der Waals surface area contributed by atoms with Gasteiger partial charge in [0.05, 0.1) is 17.9 Å². The molecule has 2 aromatic carbocycles. The summed E-state index contributed by atoms with van der Waals surface area (Å²) in [6, 6.07) is 15.9. The minimum Gasteiger partial charge on any atom is -0.376 e. The Kier molecular flexibility index (Phi) is 7.67. The van der Waals surface area contributed by atoms with Gasteiger partial charge in [-0.1, -0.05) is 23.7 Å². The predicted molar refractivity (Wildman–Crippen MR) is 137 cm³/mol. The zero-order chi connectivity index (χ0) is 25.2. The number of nitrogens with zero attached hydrogens (tertiary/aromatic N) is 2. The summed E-state index contributed by atoms with van der Waals surface area (Å²) >= 11 is 6.03. The van der Waals surface area contributed by atoms with E-state index < -0.39 is 6.29 Å². The fourth-order valence-corrected chi connectivity index (χ4v) is 5.33. The molecule has 6 atom stereocenters. The van der Waals surface area contributed by atoms with Crippen molar-refractivity contribution in [2.75, 3.05) is 21.3 Å². The van der Waals surface area contributed by atoms with Gasteiger partial charge < -0.3 is 23.7 Å². The van der Waals surface area contributed by atoms with Crippen LogP contribution in [0.2, 0.25) is 5.02 Å². The largest absolute Gasteiger partial charge is 0.376 e. The Balaban J connectivity index is 1.31. The minimum atomic E-state index is -0.538. The average molecular weight is 511 g/mol. The molecule has 1 aliphatic heterocycles. The number of ether oxygens (including phenoxy) is 5. The van der Waals surface area contributed by atoms with Crippen LogP contribution in [-0.2, 0) is 36.5 Å². The molecular formula is C28H31ClN2O5. The van der Waals surface area contributed by atoms with E-state index in [-0.39, 0.29) is 30.5 Å². The van der Waals surface area contributed by atoms with Crippen LogP contribution in [0.25, 0.3) is 22.6 Å². The molecule has 0 N–H and O–H groups in total. The first kappa shape index (κ1) is 25.3. The van der Waals surface area contributed by atoms with Crippen molar-refractivity contribution in [2.45, 2.75) is 56.6 Å². The molecular weight excluding hydrogens is 480 g/mol. The van der Waals surface area contributed by atoms with Gasteiger partial charge in [-0.2, -0.15) is 0 Å².